The van der Waals surface area contributed by atoms with Crippen LogP contribution in [0.3, 0.4) is 0 Å². The van der Waals surface area contributed by atoms with Gasteiger partial charge in [-0.05, 0) is 18.6 Å². The van der Waals surface area contributed by atoms with Gasteiger partial charge in [-0.25, -0.2) is 4.39 Å². The molecule has 1 aromatic rings. The molecule has 0 aliphatic rings. The van der Waals surface area contributed by atoms with Crippen LogP contribution in [0.25, 0.3) is 0 Å². The highest BCUT2D eigenvalue weighted by Gasteiger charge is 2.02. The first-order valence-electron chi connectivity index (χ1n) is 4.99. The minimum Gasteiger partial charge on any atom is -0.488 e. The Morgan fingerprint density at radius 3 is 2.73 bits per heavy atom. The van der Waals surface area contributed by atoms with Gasteiger partial charge in [0.05, 0.1) is 6.61 Å². The molecule has 15 heavy (non-hydrogen) atoms. The van der Waals surface area contributed by atoms with Crippen LogP contribution in [0, 0.1) is 5.82 Å². The zero-order valence-electron chi connectivity index (χ0n) is 8.83. The van der Waals surface area contributed by atoms with E-state index in [1.165, 1.54) is 12.1 Å². The monoisotopic (exact) mass is 213 g/mol. The van der Waals surface area contributed by atoms with Crippen molar-refractivity contribution in [1.82, 2.24) is 0 Å². The SMILES string of the molecule is CCCOCCOc1ccc(N)cc1F. The molecule has 2 N–H and O–H groups in total. The molecule has 0 atom stereocenters. The molecule has 4 heteroatoms. The van der Waals surface area contributed by atoms with Crippen molar-refractivity contribution in [2.75, 3.05) is 25.6 Å². The fourth-order valence-electron chi connectivity index (χ4n) is 1.09. The van der Waals surface area contributed by atoms with Crippen molar-refractivity contribution in [3.8, 4) is 5.75 Å². The van der Waals surface area contributed by atoms with Crippen LogP contribution in [-0.4, -0.2) is 19.8 Å². The topological polar surface area (TPSA) is 44.5 Å². The number of nitrogen functional groups attached to an aromatic ring is 1. The third-order valence-corrected chi connectivity index (χ3v) is 1.79. The first-order valence-corrected chi connectivity index (χ1v) is 4.99. The van der Waals surface area contributed by atoms with Crippen LogP contribution >= 0.6 is 0 Å². The predicted molar refractivity (Wildman–Crippen MR) is 57.4 cm³/mol. The van der Waals surface area contributed by atoms with Crippen LogP contribution in [0.1, 0.15) is 13.3 Å². The molecule has 84 valence electrons. The molecule has 3 nitrogen and oxygen atoms in total. The molecule has 0 spiro atoms. The molecule has 0 aliphatic carbocycles. The molecular weight excluding hydrogens is 197 g/mol. The van der Waals surface area contributed by atoms with Crippen LogP contribution in [0.5, 0.6) is 5.75 Å². The first-order chi connectivity index (χ1) is 7.24. The quantitative estimate of drug-likeness (QED) is 0.582. The third-order valence-electron chi connectivity index (χ3n) is 1.79. The van der Waals surface area contributed by atoms with E-state index < -0.39 is 5.82 Å². The van der Waals surface area contributed by atoms with E-state index in [9.17, 15) is 4.39 Å². The highest BCUT2D eigenvalue weighted by Crippen LogP contribution is 2.18. The summed E-state index contributed by atoms with van der Waals surface area (Å²) in [5.41, 5.74) is 5.79. The van der Waals surface area contributed by atoms with Crippen LogP contribution in [0.15, 0.2) is 18.2 Å². The number of nitrogens with two attached hydrogens (primary N) is 1. The average Bonchev–Trinajstić information content (AvgIpc) is 2.20. The summed E-state index contributed by atoms with van der Waals surface area (Å²) in [6, 6.07) is 4.36. The van der Waals surface area contributed by atoms with Crippen molar-refractivity contribution in [3.63, 3.8) is 0 Å². The lowest BCUT2D eigenvalue weighted by Crippen LogP contribution is -2.08. The molecular formula is C11H16FNO2. The van der Waals surface area contributed by atoms with E-state index in [1.807, 2.05) is 6.92 Å². The Balaban J connectivity index is 2.31. The van der Waals surface area contributed by atoms with Crippen molar-refractivity contribution in [3.05, 3.63) is 24.0 Å². The number of hydrogen-bond acceptors (Lipinski definition) is 3. The summed E-state index contributed by atoms with van der Waals surface area (Å²) in [6.45, 7) is 3.55. The van der Waals surface area contributed by atoms with E-state index in [4.69, 9.17) is 15.2 Å². The fourth-order valence-corrected chi connectivity index (χ4v) is 1.09. The van der Waals surface area contributed by atoms with E-state index in [2.05, 4.69) is 0 Å². The predicted octanol–water partition coefficient (Wildman–Crippen LogP) is 2.21. The maximum absolute atomic E-state index is 13.2. The van der Waals surface area contributed by atoms with Crippen LogP contribution in [0.4, 0.5) is 10.1 Å². The Morgan fingerprint density at radius 1 is 1.27 bits per heavy atom. The van der Waals surface area contributed by atoms with Gasteiger partial charge in [0.1, 0.15) is 6.61 Å². The van der Waals surface area contributed by atoms with Crippen molar-refractivity contribution >= 4 is 5.69 Å². The number of benzene rings is 1. The molecule has 0 unspecified atom stereocenters. The molecule has 0 saturated carbocycles. The Morgan fingerprint density at radius 2 is 2.07 bits per heavy atom. The van der Waals surface area contributed by atoms with Gasteiger partial charge >= 0.3 is 0 Å². The van der Waals surface area contributed by atoms with Gasteiger partial charge in [0, 0.05) is 18.4 Å². The number of ether oxygens (including phenoxy) is 2. The molecule has 0 saturated heterocycles. The summed E-state index contributed by atoms with van der Waals surface area (Å²) >= 11 is 0. The Kier molecular flexibility index (Phi) is 4.90. The summed E-state index contributed by atoms with van der Waals surface area (Å²) in [4.78, 5) is 0. The minimum absolute atomic E-state index is 0.212. The zero-order valence-corrected chi connectivity index (χ0v) is 8.83. The fraction of sp³-hybridized carbons (Fsp3) is 0.455. The smallest absolute Gasteiger partial charge is 0.167 e. The Labute approximate surface area is 89.0 Å². The summed E-state index contributed by atoms with van der Waals surface area (Å²) in [5.74, 6) is -0.227. The van der Waals surface area contributed by atoms with Crippen molar-refractivity contribution in [2.24, 2.45) is 0 Å². The van der Waals surface area contributed by atoms with Crippen molar-refractivity contribution in [2.45, 2.75) is 13.3 Å². The Hall–Kier alpha value is -1.29. The second-order valence-electron chi connectivity index (χ2n) is 3.15. The van der Waals surface area contributed by atoms with Gasteiger partial charge in [-0.1, -0.05) is 6.92 Å². The molecule has 0 aliphatic heterocycles. The highest BCUT2D eigenvalue weighted by atomic mass is 19.1. The lowest BCUT2D eigenvalue weighted by Gasteiger charge is -2.07. The summed E-state index contributed by atoms with van der Waals surface area (Å²) in [5, 5.41) is 0. The second-order valence-corrected chi connectivity index (χ2v) is 3.15. The molecule has 1 aromatic carbocycles. The first kappa shape index (κ1) is 11.8. The number of halogens is 1. The van der Waals surface area contributed by atoms with Crippen molar-refractivity contribution < 1.29 is 13.9 Å². The Bertz CT molecular complexity index is 305. The molecule has 0 amide bonds. The van der Waals surface area contributed by atoms with E-state index >= 15 is 0 Å². The average molecular weight is 213 g/mol. The number of rotatable bonds is 6. The van der Waals surface area contributed by atoms with Crippen LogP contribution in [0.2, 0.25) is 0 Å². The lowest BCUT2D eigenvalue weighted by atomic mass is 10.3. The largest absolute Gasteiger partial charge is 0.488 e. The van der Waals surface area contributed by atoms with Crippen LogP contribution in [-0.2, 0) is 4.74 Å². The third kappa shape index (κ3) is 4.16. The van der Waals surface area contributed by atoms with Gasteiger partial charge in [-0.2, -0.15) is 0 Å². The zero-order chi connectivity index (χ0) is 11.1. The lowest BCUT2D eigenvalue weighted by molar-refractivity contribution is 0.0992. The van der Waals surface area contributed by atoms with Crippen molar-refractivity contribution in [1.29, 1.82) is 0 Å². The molecule has 0 fully saturated rings. The molecule has 0 heterocycles. The van der Waals surface area contributed by atoms with E-state index in [1.54, 1.807) is 6.07 Å². The number of anilines is 1. The molecule has 0 radical (unpaired) electrons. The van der Waals surface area contributed by atoms with E-state index in [0.717, 1.165) is 6.42 Å². The maximum atomic E-state index is 13.2. The van der Waals surface area contributed by atoms with Gasteiger partial charge in [0.25, 0.3) is 0 Å². The van der Waals surface area contributed by atoms with E-state index in [-0.39, 0.29) is 5.75 Å². The summed E-state index contributed by atoms with van der Waals surface area (Å²) in [7, 11) is 0. The molecule has 0 aromatic heterocycles. The van der Waals surface area contributed by atoms with Gasteiger partial charge in [0.2, 0.25) is 0 Å². The van der Waals surface area contributed by atoms with Gasteiger partial charge < -0.3 is 15.2 Å². The standard InChI is InChI=1S/C11H16FNO2/c1-2-5-14-6-7-15-11-4-3-9(13)8-10(11)12/h3-4,8H,2,5-7,13H2,1H3. The van der Waals surface area contributed by atoms with E-state index in [0.29, 0.717) is 25.5 Å². The van der Waals surface area contributed by atoms with Crippen LogP contribution < -0.4 is 10.5 Å². The van der Waals surface area contributed by atoms with Gasteiger partial charge in [-0.3, -0.25) is 0 Å². The van der Waals surface area contributed by atoms with Gasteiger partial charge in [0.15, 0.2) is 11.6 Å². The van der Waals surface area contributed by atoms with Gasteiger partial charge in [-0.15, -0.1) is 0 Å². The summed E-state index contributed by atoms with van der Waals surface area (Å²) < 4.78 is 23.6. The highest BCUT2D eigenvalue weighted by molar-refractivity contribution is 5.42. The normalized spacial score (nSPS) is 10.3. The molecule has 0 bridgehead atoms. The maximum Gasteiger partial charge on any atom is 0.167 e. The molecule has 1 rings (SSSR count). The second kappa shape index (κ2) is 6.24. The minimum atomic E-state index is -0.439. The number of hydrogen-bond donors (Lipinski definition) is 1. The summed E-state index contributed by atoms with van der Waals surface area (Å²) in [6.07, 6.45) is 0.968.